The van der Waals surface area contributed by atoms with Crippen molar-refractivity contribution in [2.24, 2.45) is 17.8 Å². The van der Waals surface area contributed by atoms with Crippen molar-refractivity contribution in [1.29, 1.82) is 0 Å². The first-order valence-electron chi connectivity index (χ1n) is 4.36. The van der Waals surface area contributed by atoms with Crippen LogP contribution in [-0.2, 0) is 0 Å². The van der Waals surface area contributed by atoms with E-state index < -0.39 is 14.2 Å². The van der Waals surface area contributed by atoms with Crippen LogP contribution in [0.5, 0.6) is 0 Å². The van der Waals surface area contributed by atoms with E-state index in [1.165, 1.54) is 0 Å². The Balaban J connectivity index is 2.45. The zero-order valence-electron chi connectivity index (χ0n) is 7.37. The summed E-state index contributed by atoms with van der Waals surface area (Å²) in [7, 11) is 0. The first-order chi connectivity index (χ1) is 6.78. The summed E-state index contributed by atoms with van der Waals surface area (Å²) in [4.78, 5) is 10.7. The van der Waals surface area contributed by atoms with Gasteiger partial charge in [-0.2, -0.15) is 0 Å². The highest BCUT2D eigenvalue weighted by Crippen LogP contribution is 2.62. The Morgan fingerprint density at radius 1 is 1.47 bits per heavy atom. The van der Waals surface area contributed by atoms with Gasteiger partial charge in [-0.05, 0) is 12.3 Å². The lowest BCUT2D eigenvalue weighted by Crippen LogP contribution is -2.48. The minimum atomic E-state index is -1.62. The summed E-state index contributed by atoms with van der Waals surface area (Å²) < 4.78 is -2.96. The van der Waals surface area contributed by atoms with Crippen LogP contribution >= 0.6 is 50.7 Å². The molecule has 0 aromatic rings. The van der Waals surface area contributed by atoms with Crippen molar-refractivity contribution in [2.75, 3.05) is 0 Å². The Labute approximate surface area is 110 Å². The van der Waals surface area contributed by atoms with Crippen molar-refractivity contribution in [3.05, 3.63) is 22.3 Å². The zero-order chi connectivity index (χ0) is 11.4. The molecule has 0 aromatic heterocycles. The quantitative estimate of drug-likeness (QED) is 0.242. The molecule has 2 aliphatic carbocycles. The summed E-state index contributed by atoms with van der Waals surface area (Å²) in [5.41, 5.74) is 0. The third kappa shape index (κ3) is 1.61. The SMILES string of the molecule is O=[N+]([O-])C1(Br)C2C=CC(C2)C1C(Cl)(Cl)Cl. The highest BCUT2D eigenvalue weighted by atomic mass is 79.9. The Bertz CT molecular complexity index is 343. The van der Waals surface area contributed by atoms with Gasteiger partial charge >= 0.3 is 0 Å². The van der Waals surface area contributed by atoms with Crippen LogP contribution in [0.1, 0.15) is 6.42 Å². The number of rotatable bonds is 1. The predicted molar refractivity (Wildman–Crippen MR) is 63.2 cm³/mol. The third-order valence-corrected chi connectivity index (χ3v) is 5.21. The van der Waals surface area contributed by atoms with Crippen molar-refractivity contribution in [1.82, 2.24) is 0 Å². The lowest BCUT2D eigenvalue weighted by atomic mass is 9.90. The molecule has 2 aliphatic rings. The molecule has 0 amide bonds. The van der Waals surface area contributed by atoms with Crippen LogP contribution in [-0.4, -0.2) is 13.2 Å². The number of allylic oxidation sites excluding steroid dienone is 1. The summed E-state index contributed by atoms with van der Waals surface area (Å²) in [5.74, 6) is -0.856. The second-order valence-electron chi connectivity index (χ2n) is 3.89. The molecule has 84 valence electrons. The molecule has 4 atom stereocenters. The molecule has 0 heterocycles. The van der Waals surface area contributed by atoms with E-state index in [0.717, 1.165) is 0 Å². The molecule has 0 saturated heterocycles. The molecular weight excluding hydrogens is 328 g/mol. The summed E-state index contributed by atoms with van der Waals surface area (Å²) >= 11 is 20.6. The third-order valence-electron chi connectivity index (χ3n) is 3.13. The van der Waals surface area contributed by atoms with Crippen molar-refractivity contribution >= 4 is 50.7 Å². The molecule has 3 nitrogen and oxygen atoms in total. The molecule has 7 heteroatoms. The first kappa shape index (κ1) is 12.0. The van der Waals surface area contributed by atoms with Crippen LogP contribution in [0.2, 0.25) is 0 Å². The largest absolute Gasteiger partial charge is 0.288 e. The van der Waals surface area contributed by atoms with E-state index in [9.17, 15) is 10.1 Å². The van der Waals surface area contributed by atoms with E-state index in [1.807, 2.05) is 12.2 Å². The van der Waals surface area contributed by atoms with Gasteiger partial charge in [0.25, 0.3) is 4.45 Å². The van der Waals surface area contributed by atoms with Gasteiger partial charge in [-0.25, -0.2) is 0 Å². The van der Waals surface area contributed by atoms with E-state index >= 15 is 0 Å². The molecule has 4 unspecified atom stereocenters. The van der Waals surface area contributed by atoms with Crippen molar-refractivity contribution in [3.8, 4) is 0 Å². The minimum Gasteiger partial charge on any atom is -0.263 e. The molecular formula is C8H7BrCl3NO2. The maximum Gasteiger partial charge on any atom is 0.288 e. The average Bonchev–Trinajstić information content (AvgIpc) is 2.59. The number of hydrogen-bond acceptors (Lipinski definition) is 2. The van der Waals surface area contributed by atoms with E-state index in [2.05, 4.69) is 15.9 Å². The van der Waals surface area contributed by atoms with Gasteiger partial charge in [0.1, 0.15) is 0 Å². The minimum absolute atomic E-state index is 0.0349. The van der Waals surface area contributed by atoms with Gasteiger partial charge in [0.2, 0.25) is 3.79 Å². The van der Waals surface area contributed by atoms with E-state index in [0.29, 0.717) is 6.42 Å². The summed E-state index contributed by atoms with van der Waals surface area (Å²) in [6.07, 6.45) is 4.40. The molecule has 1 saturated carbocycles. The molecule has 1 fully saturated rings. The number of nitro groups is 1. The second kappa shape index (κ2) is 3.49. The van der Waals surface area contributed by atoms with Crippen molar-refractivity contribution in [3.63, 3.8) is 0 Å². The topological polar surface area (TPSA) is 43.1 Å². The molecule has 0 aromatic carbocycles. The van der Waals surface area contributed by atoms with Crippen LogP contribution in [0, 0.1) is 27.9 Å². The smallest absolute Gasteiger partial charge is 0.263 e. The lowest BCUT2D eigenvalue weighted by molar-refractivity contribution is -0.549. The van der Waals surface area contributed by atoms with E-state index in [-0.39, 0.29) is 16.8 Å². The van der Waals surface area contributed by atoms with Gasteiger partial charge in [-0.1, -0.05) is 47.0 Å². The highest BCUT2D eigenvalue weighted by Gasteiger charge is 2.69. The molecule has 2 rings (SSSR count). The lowest BCUT2D eigenvalue weighted by Gasteiger charge is -2.33. The van der Waals surface area contributed by atoms with Crippen molar-refractivity contribution in [2.45, 2.75) is 14.7 Å². The fraction of sp³-hybridized carbons (Fsp3) is 0.750. The van der Waals surface area contributed by atoms with Gasteiger partial charge in [-0.15, -0.1) is 0 Å². The van der Waals surface area contributed by atoms with Crippen LogP contribution in [0.3, 0.4) is 0 Å². The maximum absolute atomic E-state index is 11.1. The molecule has 15 heavy (non-hydrogen) atoms. The summed E-state index contributed by atoms with van der Waals surface area (Å²) in [6, 6.07) is 0. The van der Waals surface area contributed by atoms with E-state index in [1.54, 1.807) is 0 Å². The predicted octanol–water partition coefficient (Wildman–Crippen LogP) is 3.55. The zero-order valence-corrected chi connectivity index (χ0v) is 11.2. The normalized spacial score (nSPS) is 43.6. The molecule has 0 spiro atoms. The standard InChI is InChI=1S/C8H7BrCl3NO2/c9-7(13(14)15)5-2-1-4(3-5)6(7)8(10,11)12/h1-2,4-6H,3H2. The second-order valence-corrected chi connectivity index (χ2v) is 7.53. The molecule has 0 radical (unpaired) electrons. The number of halogens is 4. The van der Waals surface area contributed by atoms with Crippen LogP contribution < -0.4 is 0 Å². The maximum atomic E-state index is 11.1. The Hall–Kier alpha value is 0.490. The first-order valence-corrected chi connectivity index (χ1v) is 6.29. The highest BCUT2D eigenvalue weighted by molar-refractivity contribution is 9.10. The fourth-order valence-electron chi connectivity index (χ4n) is 2.53. The number of fused-ring (bicyclic) bond motifs is 2. The van der Waals surface area contributed by atoms with Gasteiger partial charge in [-0.3, -0.25) is 10.1 Å². The monoisotopic (exact) mass is 333 g/mol. The van der Waals surface area contributed by atoms with Gasteiger partial charge in [0.05, 0.1) is 11.8 Å². The Morgan fingerprint density at radius 2 is 2.07 bits per heavy atom. The molecule has 0 N–H and O–H groups in total. The average molecular weight is 335 g/mol. The Morgan fingerprint density at radius 3 is 2.47 bits per heavy atom. The van der Waals surface area contributed by atoms with Crippen molar-refractivity contribution < 1.29 is 4.92 Å². The van der Waals surface area contributed by atoms with Gasteiger partial charge in [0, 0.05) is 20.9 Å². The van der Waals surface area contributed by atoms with Gasteiger partial charge in [0.15, 0.2) is 0 Å². The molecule has 2 bridgehead atoms. The number of nitrogens with zero attached hydrogens (tertiary/aromatic N) is 1. The summed E-state index contributed by atoms with van der Waals surface area (Å²) in [5, 5.41) is 11.1. The van der Waals surface area contributed by atoms with Crippen LogP contribution in [0.25, 0.3) is 0 Å². The Kier molecular flexibility index (Phi) is 2.78. The summed E-state index contributed by atoms with van der Waals surface area (Å²) in [6.45, 7) is 0. The fourth-order valence-corrected chi connectivity index (χ4v) is 4.93. The van der Waals surface area contributed by atoms with Gasteiger partial charge < -0.3 is 0 Å². The van der Waals surface area contributed by atoms with E-state index in [4.69, 9.17) is 34.8 Å². The van der Waals surface area contributed by atoms with Crippen LogP contribution in [0.4, 0.5) is 0 Å². The molecule has 0 aliphatic heterocycles. The number of alkyl halides is 4. The number of hydrogen-bond donors (Lipinski definition) is 0. The van der Waals surface area contributed by atoms with Crippen LogP contribution in [0.15, 0.2) is 12.2 Å².